The topological polar surface area (TPSA) is 98.8 Å². The zero-order valence-electron chi connectivity index (χ0n) is 22.6. The molecule has 8 nitrogen and oxygen atoms in total. The third kappa shape index (κ3) is 5.34. The molecule has 1 aliphatic rings. The number of rotatable bonds is 8. The Labute approximate surface area is 233 Å². The van der Waals surface area contributed by atoms with Crippen molar-refractivity contribution in [2.75, 3.05) is 24.9 Å². The lowest BCUT2D eigenvalue weighted by Gasteiger charge is -2.13. The predicted molar refractivity (Wildman–Crippen MR) is 146 cm³/mol. The van der Waals surface area contributed by atoms with Crippen LogP contribution in [0.5, 0.6) is 23.0 Å². The molecule has 2 amide bonds. The van der Waals surface area contributed by atoms with Crippen LogP contribution in [0.3, 0.4) is 0 Å². The average Bonchev–Trinajstić information content (AvgIpc) is 3.53. The van der Waals surface area contributed by atoms with Gasteiger partial charge in [-0.1, -0.05) is 13.8 Å². The monoisotopic (exact) mass is 565 g/mol. The lowest BCUT2D eigenvalue weighted by atomic mass is 10.1. The maximum absolute atomic E-state index is 15.1. The fraction of sp³-hybridized carbons (Fsp3) is 0.233. The van der Waals surface area contributed by atoms with Crippen molar-refractivity contribution < 1.29 is 37.0 Å². The number of anilines is 2. The van der Waals surface area contributed by atoms with Gasteiger partial charge in [-0.05, 0) is 41.8 Å². The van der Waals surface area contributed by atoms with Crippen LogP contribution >= 0.6 is 0 Å². The van der Waals surface area contributed by atoms with Gasteiger partial charge in [0, 0.05) is 41.2 Å². The van der Waals surface area contributed by atoms with Gasteiger partial charge in [0.2, 0.25) is 11.8 Å². The van der Waals surface area contributed by atoms with Crippen molar-refractivity contribution in [2.24, 2.45) is 17.3 Å². The Bertz CT molecular complexity index is 1680. The lowest BCUT2D eigenvalue weighted by molar-refractivity contribution is -0.122. The minimum atomic E-state index is -1.10. The van der Waals surface area contributed by atoms with E-state index >= 15 is 4.39 Å². The maximum Gasteiger partial charge on any atom is 0.228 e. The summed E-state index contributed by atoms with van der Waals surface area (Å²) in [6.45, 7) is 3.49. The van der Waals surface area contributed by atoms with Gasteiger partial charge in [-0.25, -0.2) is 13.2 Å². The molecule has 1 aliphatic carbocycles. The van der Waals surface area contributed by atoms with Crippen LogP contribution < -0.4 is 24.8 Å². The first-order valence-electron chi connectivity index (χ1n) is 12.6. The number of amides is 2. The summed E-state index contributed by atoms with van der Waals surface area (Å²) in [6, 6.07) is 11.9. The molecule has 0 spiro atoms. The van der Waals surface area contributed by atoms with Crippen LogP contribution in [0.1, 0.15) is 13.8 Å². The lowest BCUT2D eigenvalue weighted by Crippen LogP contribution is -2.20. The van der Waals surface area contributed by atoms with Crippen LogP contribution in [-0.4, -0.2) is 31.0 Å². The van der Waals surface area contributed by atoms with E-state index in [1.54, 1.807) is 32.0 Å². The molecule has 1 fully saturated rings. The SMILES string of the molecule is COc1cc2nccc(Oc3ccc(NC(=O)[C@H]4[C@@H](C(=O)Nc5ccc(F)c(F)c5)C4(C)C)cc3F)c2cc1OC. The average molecular weight is 566 g/mol. The summed E-state index contributed by atoms with van der Waals surface area (Å²) in [7, 11) is 3.01. The first-order valence-corrected chi connectivity index (χ1v) is 12.6. The van der Waals surface area contributed by atoms with Crippen LogP contribution in [0.4, 0.5) is 24.5 Å². The number of aromatic nitrogens is 1. The van der Waals surface area contributed by atoms with Crippen molar-refractivity contribution in [2.45, 2.75) is 13.8 Å². The molecule has 1 heterocycles. The van der Waals surface area contributed by atoms with Crippen molar-refractivity contribution >= 4 is 34.1 Å². The quantitative estimate of drug-likeness (QED) is 0.260. The molecule has 5 rings (SSSR count). The van der Waals surface area contributed by atoms with Crippen molar-refractivity contribution in [3.63, 3.8) is 0 Å². The molecule has 41 heavy (non-hydrogen) atoms. The normalized spacial score (nSPS) is 17.0. The third-order valence-corrected chi connectivity index (χ3v) is 7.21. The largest absolute Gasteiger partial charge is 0.493 e. The van der Waals surface area contributed by atoms with Gasteiger partial charge in [0.1, 0.15) is 5.75 Å². The highest BCUT2D eigenvalue weighted by molar-refractivity contribution is 6.04. The van der Waals surface area contributed by atoms with Crippen LogP contribution in [-0.2, 0) is 9.59 Å². The van der Waals surface area contributed by atoms with E-state index in [-0.39, 0.29) is 17.1 Å². The van der Waals surface area contributed by atoms with E-state index in [0.29, 0.717) is 28.2 Å². The smallest absolute Gasteiger partial charge is 0.228 e. The number of halogens is 3. The number of hydrogen-bond acceptors (Lipinski definition) is 6. The van der Waals surface area contributed by atoms with E-state index in [9.17, 15) is 18.4 Å². The molecule has 3 aromatic carbocycles. The Hall–Kier alpha value is -4.80. The second-order valence-electron chi connectivity index (χ2n) is 10.2. The van der Waals surface area contributed by atoms with Gasteiger partial charge in [-0.15, -0.1) is 0 Å². The Morgan fingerprint density at radius 1 is 0.732 bits per heavy atom. The number of fused-ring (bicyclic) bond motifs is 1. The van der Waals surface area contributed by atoms with Gasteiger partial charge in [-0.3, -0.25) is 14.6 Å². The van der Waals surface area contributed by atoms with Gasteiger partial charge in [0.15, 0.2) is 34.7 Å². The molecule has 0 unspecified atom stereocenters. The minimum absolute atomic E-state index is 0.0768. The van der Waals surface area contributed by atoms with E-state index in [0.717, 1.165) is 18.2 Å². The van der Waals surface area contributed by atoms with Crippen molar-refractivity contribution in [3.8, 4) is 23.0 Å². The van der Waals surface area contributed by atoms with Crippen LogP contribution in [0.15, 0.2) is 60.8 Å². The summed E-state index contributed by atoms with van der Waals surface area (Å²) >= 11 is 0. The first-order chi connectivity index (χ1) is 19.5. The highest BCUT2D eigenvalue weighted by Gasteiger charge is 2.65. The third-order valence-electron chi connectivity index (χ3n) is 7.21. The molecule has 1 aromatic heterocycles. The van der Waals surface area contributed by atoms with Crippen LogP contribution in [0.2, 0.25) is 0 Å². The molecule has 0 bridgehead atoms. The van der Waals surface area contributed by atoms with Gasteiger partial charge < -0.3 is 24.8 Å². The highest BCUT2D eigenvalue weighted by atomic mass is 19.2. The van der Waals surface area contributed by atoms with E-state index in [1.165, 1.54) is 38.6 Å². The van der Waals surface area contributed by atoms with E-state index in [2.05, 4.69) is 15.6 Å². The van der Waals surface area contributed by atoms with Gasteiger partial charge >= 0.3 is 0 Å². The molecule has 212 valence electrons. The van der Waals surface area contributed by atoms with Crippen LogP contribution in [0.25, 0.3) is 10.9 Å². The van der Waals surface area contributed by atoms with Crippen molar-refractivity contribution in [1.29, 1.82) is 0 Å². The van der Waals surface area contributed by atoms with Gasteiger partial charge in [0.05, 0.1) is 31.6 Å². The number of hydrogen-bond donors (Lipinski definition) is 2. The number of pyridine rings is 1. The zero-order valence-corrected chi connectivity index (χ0v) is 22.6. The summed E-state index contributed by atoms with van der Waals surface area (Å²) in [6.07, 6.45) is 1.52. The number of carbonyl (C=O) groups excluding carboxylic acids is 2. The summed E-state index contributed by atoms with van der Waals surface area (Å²) in [4.78, 5) is 30.1. The van der Waals surface area contributed by atoms with Crippen molar-refractivity contribution in [1.82, 2.24) is 4.98 Å². The van der Waals surface area contributed by atoms with Crippen molar-refractivity contribution in [3.05, 3.63) is 78.2 Å². The molecular formula is C30H26F3N3O5. The molecular weight excluding hydrogens is 539 g/mol. The summed E-state index contributed by atoms with van der Waals surface area (Å²) in [5.41, 5.74) is 0.0986. The van der Waals surface area contributed by atoms with E-state index in [4.69, 9.17) is 14.2 Å². The molecule has 0 saturated heterocycles. The second kappa shape index (κ2) is 10.6. The molecule has 1 saturated carbocycles. The second-order valence-corrected chi connectivity index (χ2v) is 10.2. The molecule has 2 N–H and O–H groups in total. The Kier molecular flexibility index (Phi) is 7.20. The summed E-state index contributed by atoms with van der Waals surface area (Å²) in [5, 5.41) is 5.74. The number of nitrogens with zero attached hydrogens (tertiary/aromatic N) is 1. The fourth-order valence-corrected chi connectivity index (χ4v) is 4.95. The summed E-state index contributed by atoms with van der Waals surface area (Å²) < 4.78 is 58.3. The molecule has 4 aromatic rings. The zero-order chi connectivity index (χ0) is 29.5. The first kappa shape index (κ1) is 27.8. The minimum Gasteiger partial charge on any atom is -0.493 e. The number of methoxy groups -OCH3 is 2. The van der Waals surface area contributed by atoms with E-state index in [1.807, 2.05) is 0 Å². The highest BCUT2D eigenvalue weighted by Crippen LogP contribution is 2.59. The molecule has 0 aliphatic heterocycles. The van der Waals surface area contributed by atoms with Gasteiger partial charge in [-0.2, -0.15) is 0 Å². The standard InChI is InChI=1S/C30H26F3N3O5/c1-30(2)26(28(37)35-15-5-7-18(31)19(32)11-15)27(30)29(38)36-16-6-8-23(20(33)12-16)41-22-9-10-34-21-14-25(40-4)24(39-3)13-17(21)22/h5-14,26-27H,1-4H3,(H,35,37)(H,36,38)/t26-,27+/m0/s1. The van der Waals surface area contributed by atoms with Crippen LogP contribution in [0, 0.1) is 34.7 Å². The summed E-state index contributed by atoms with van der Waals surface area (Å²) in [5.74, 6) is -4.09. The number of benzene rings is 3. The molecule has 2 atom stereocenters. The number of nitrogens with one attached hydrogen (secondary N) is 2. The molecule has 0 radical (unpaired) electrons. The van der Waals surface area contributed by atoms with Gasteiger partial charge in [0.25, 0.3) is 0 Å². The fourth-order valence-electron chi connectivity index (χ4n) is 4.95. The Morgan fingerprint density at radius 2 is 1.32 bits per heavy atom. The number of carbonyl (C=O) groups is 2. The molecule has 11 heteroatoms. The Balaban J connectivity index is 1.28. The maximum atomic E-state index is 15.1. The van der Waals surface area contributed by atoms with E-state index < -0.39 is 46.5 Å². The Morgan fingerprint density at radius 3 is 1.90 bits per heavy atom. The number of ether oxygens (including phenoxy) is 3. The predicted octanol–water partition coefficient (Wildman–Crippen LogP) is 6.31.